The highest BCUT2D eigenvalue weighted by Gasteiger charge is 2.42. The maximum Gasteiger partial charge on any atom is 0.0215 e. The summed E-state index contributed by atoms with van der Waals surface area (Å²) in [6.07, 6.45) is 10.5. The van der Waals surface area contributed by atoms with Crippen LogP contribution in [0.2, 0.25) is 0 Å². The van der Waals surface area contributed by atoms with E-state index in [9.17, 15) is 0 Å². The summed E-state index contributed by atoms with van der Waals surface area (Å²) in [5.74, 6) is 0. The second-order valence-electron chi connectivity index (χ2n) is 8.25. The Morgan fingerprint density at radius 2 is 1.30 bits per heavy atom. The number of unbranched alkanes of at least 4 members (excludes halogenated alkanes) is 4. The highest BCUT2D eigenvalue weighted by Crippen LogP contribution is 2.55. The van der Waals surface area contributed by atoms with E-state index < -0.39 is 0 Å². The van der Waals surface area contributed by atoms with Crippen LogP contribution in [-0.2, 0) is 5.41 Å². The lowest BCUT2D eigenvalue weighted by Crippen LogP contribution is -2.25. The van der Waals surface area contributed by atoms with E-state index in [1.165, 1.54) is 73.3 Å². The van der Waals surface area contributed by atoms with E-state index in [2.05, 4.69) is 74.5 Å². The molecule has 0 spiro atoms. The quantitative estimate of drug-likeness (QED) is 0.356. The summed E-state index contributed by atoms with van der Waals surface area (Å²) in [6.45, 7) is 4.63. The summed E-state index contributed by atoms with van der Waals surface area (Å²) in [6, 6.07) is 23.0. The summed E-state index contributed by atoms with van der Waals surface area (Å²) in [4.78, 5) is 0. The first kappa shape index (κ1) is 18.3. The summed E-state index contributed by atoms with van der Waals surface area (Å²) >= 11 is 0. The lowest BCUT2D eigenvalue weighted by atomic mass is 9.70. The van der Waals surface area contributed by atoms with Gasteiger partial charge in [0, 0.05) is 5.41 Å². The Hall–Kier alpha value is -2.08. The molecule has 0 unspecified atom stereocenters. The molecular weight excluding hydrogens is 324 g/mol. The van der Waals surface area contributed by atoms with E-state index in [0.29, 0.717) is 0 Å². The van der Waals surface area contributed by atoms with Crippen LogP contribution in [0.5, 0.6) is 0 Å². The fraction of sp³-hybridized carbons (Fsp3) is 0.407. The molecule has 0 amide bonds. The molecule has 0 saturated heterocycles. The molecule has 3 aromatic carbocycles. The number of fused-ring (bicyclic) bond motifs is 5. The Kier molecular flexibility index (Phi) is 5.34. The van der Waals surface area contributed by atoms with Crippen molar-refractivity contribution in [2.24, 2.45) is 0 Å². The van der Waals surface area contributed by atoms with Crippen molar-refractivity contribution in [3.63, 3.8) is 0 Å². The van der Waals surface area contributed by atoms with Gasteiger partial charge in [-0.25, -0.2) is 0 Å². The van der Waals surface area contributed by atoms with Crippen LogP contribution in [0.1, 0.15) is 76.3 Å². The van der Waals surface area contributed by atoms with E-state index in [-0.39, 0.29) is 5.41 Å². The van der Waals surface area contributed by atoms with Gasteiger partial charge in [0.15, 0.2) is 0 Å². The van der Waals surface area contributed by atoms with E-state index in [1.54, 1.807) is 11.1 Å². The summed E-state index contributed by atoms with van der Waals surface area (Å²) < 4.78 is 0. The topological polar surface area (TPSA) is 0 Å². The molecule has 1 aliphatic carbocycles. The Morgan fingerprint density at radius 1 is 0.630 bits per heavy atom. The van der Waals surface area contributed by atoms with Gasteiger partial charge in [-0.05, 0) is 45.9 Å². The van der Waals surface area contributed by atoms with Crippen LogP contribution in [0.4, 0.5) is 0 Å². The van der Waals surface area contributed by atoms with Crippen LogP contribution in [0, 0.1) is 0 Å². The van der Waals surface area contributed by atoms with Gasteiger partial charge < -0.3 is 0 Å². The van der Waals surface area contributed by atoms with Crippen LogP contribution in [0.15, 0.2) is 60.7 Å². The Labute approximate surface area is 164 Å². The molecule has 0 aromatic heterocycles. The lowest BCUT2D eigenvalue weighted by Gasteiger charge is -2.33. The first-order valence-electron chi connectivity index (χ1n) is 10.9. The van der Waals surface area contributed by atoms with Crippen molar-refractivity contribution in [3.05, 3.63) is 71.8 Å². The van der Waals surface area contributed by atoms with Crippen molar-refractivity contribution in [1.29, 1.82) is 0 Å². The zero-order valence-corrected chi connectivity index (χ0v) is 16.9. The zero-order valence-electron chi connectivity index (χ0n) is 16.9. The molecule has 0 saturated carbocycles. The molecule has 0 aliphatic heterocycles. The predicted molar refractivity (Wildman–Crippen MR) is 118 cm³/mol. The Morgan fingerprint density at radius 3 is 2.04 bits per heavy atom. The molecule has 0 heterocycles. The number of hydrogen-bond acceptors (Lipinski definition) is 0. The van der Waals surface area contributed by atoms with E-state index >= 15 is 0 Å². The molecule has 140 valence electrons. The smallest absolute Gasteiger partial charge is 0.0215 e. The second kappa shape index (κ2) is 7.89. The predicted octanol–water partition coefficient (Wildman–Crippen LogP) is 8.27. The van der Waals surface area contributed by atoms with Crippen molar-refractivity contribution in [3.8, 4) is 11.1 Å². The van der Waals surface area contributed by atoms with Crippen molar-refractivity contribution in [2.75, 3.05) is 0 Å². The normalized spacial score (nSPS) is 14.3. The molecular formula is C27H32. The molecule has 0 radical (unpaired) electrons. The third-order valence-electron chi connectivity index (χ3n) is 6.57. The van der Waals surface area contributed by atoms with E-state index in [1.807, 2.05) is 0 Å². The molecule has 0 heteroatoms. The Bertz CT molecular complexity index is 908. The minimum absolute atomic E-state index is 0.209. The highest BCUT2D eigenvalue weighted by atomic mass is 14.4. The molecule has 4 rings (SSSR count). The third kappa shape index (κ3) is 3.10. The van der Waals surface area contributed by atoms with Crippen LogP contribution in [-0.4, -0.2) is 0 Å². The molecule has 3 aromatic rings. The van der Waals surface area contributed by atoms with Gasteiger partial charge >= 0.3 is 0 Å². The Balaban J connectivity index is 1.92. The van der Waals surface area contributed by atoms with Crippen LogP contribution in [0.25, 0.3) is 21.9 Å². The molecule has 0 bridgehead atoms. The molecule has 0 nitrogen and oxygen atoms in total. The van der Waals surface area contributed by atoms with Gasteiger partial charge in [0.25, 0.3) is 0 Å². The maximum atomic E-state index is 2.45. The van der Waals surface area contributed by atoms with Crippen LogP contribution < -0.4 is 0 Å². The lowest BCUT2D eigenvalue weighted by molar-refractivity contribution is 0.405. The van der Waals surface area contributed by atoms with E-state index in [0.717, 1.165) is 0 Å². The summed E-state index contributed by atoms with van der Waals surface area (Å²) in [5.41, 5.74) is 6.38. The number of hydrogen-bond donors (Lipinski definition) is 0. The fourth-order valence-corrected chi connectivity index (χ4v) is 5.24. The van der Waals surface area contributed by atoms with E-state index in [4.69, 9.17) is 0 Å². The molecule has 0 atom stereocenters. The minimum Gasteiger partial charge on any atom is -0.0654 e. The van der Waals surface area contributed by atoms with Gasteiger partial charge in [-0.2, -0.15) is 0 Å². The first-order chi connectivity index (χ1) is 13.3. The van der Waals surface area contributed by atoms with Crippen molar-refractivity contribution in [2.45, 2.75) is 70.6 Å². The van der Waals surface area contributed by atoms with Crippen LogP contribution >= 0.6 is 0 Å². The molecule has 27 heavy (non-hydrogen) atoms. The average Bonchev–Trinajstić information content (AvgIpc) is 2.99. The van der Waals surface area contributed by atoms with Gasteiger partial charge in [-0.1, -0.05) is 113 Å². The molecule has 0 fully saturated rings. The van der Waals surface area contributed by atoms with Crippen molar-refractivity contribution < 1.29 is 0 Å². The van der Waals surface area contributed by atoms with Crippen molar-refractivity contribution in [1.82, 2.24) is 0 Å². The maximum absolute atomic E-state index is 2.45. The van der Waals surface area contributed by atoms with Crippen molar-refractivity contribution >= 4 is 10.8 Å². The first-order valence-corrected chi connectivity index (χ1v) is 10.9. The number of benzene rings is 3. The fourth-order valence-electron chi connectivity index (χ4n) is 5.24. The number of rotatable bonds is 8. The minimum atomic E-state index is 0.209. The van der Waals surface area contributed by atoms with Gasteiger partial charge in [-0.3, -0.25) is 0 Å². The third-order valence-corrected chi connectivity index (χ3v) is 6.57. The average molecular weight is 357 g/mol. The SMILES string of the molecule is CCCCCC1(CCCCC)c2ccccc2-c2c1ccc1ccccc21. The standard InChI is InChI=1S/C27H32/c1-3-5-11-19-27(20-12-6-4-2)24-16-10-9-15-23(24)26-22-14-8-7-13-21(22)17-18-25(26)27/h7-10,13-18H,3-6,11-12,19-20H2,1-2H3. The highest BCUT2D eigenvalue weighted by molar-refractivity contribution is 6.02. The van der Waals surface area contributed by atoms with Gasteiger partial charge in [0.1, 0.15) is 0 Å². The largest absolute Gasteiger partial charge is 0.0654 e. The van der Waals surface area contributed by atoms with Gasteiger partial charge in [0.2, 0.25) is 0 Å². The summed E-state index contributed by atoms with van der Waals surface area (Å²) in [5, 5.41) is 2.79. The second-order valence-corrected chi connectivity index (χ2v) is 8.25. The van der Waals surface area contributed by atoms with Crippen LogP contribution in [0.3, 0.4) is 0 Å². The molecule has 1 aliphatic rings. The zero-order chi connectivity index (χ0) is 18.7. The molecule has 0 N–H and O–H groups in total. The van der Waals surface area contributed by atoms with Gasteiger partial charge in [0.05, 0.1) is 0 Å². The summed E-state index contributed by atoms with van der Waals surface area (Å²) in [7, 11) is 0. The van der Waals surface area contributed by atoms with Gasteiger partial charge in [-0.15, -0.1) is 0 Å². The monoisotopic (exact) mass is 356 g/mol.